The number of carboxylic acids is 1. The van der Waals surface area contributed by atoms with Crippen LogP contribution < -0.4 is 0 Å². The lowest BCUT2D eigenvalue weighted by atomic mass is 10.6. The molecule has 0 amide bonds. The first-order valence-electron chi connectivity index (χ1n) is 3.22. The first-order chi connectivity index (χ1) is 5.61. The van der Waals surface area contributed by atoms with E-state index in [1.54, 1.807) is 0 Å². The summed E-state index contributed by atoms with van der Waals surface area (Å²) in [6.07, 6.45) is 0. The number of aliphatic carboxylic acids is 1. The molecule has 0 spiro atoms. The van der Waals surface area contributed by atoms with Gasteiger partial charge in [0.05, 0.1) is 0 Å². The fourth-order valence-corrected chi connectivity index (χ4v) is 0.676. The van der Waals surface area contributed by atoms with E-state index in [1.165, 1.54) is 11.1 Å². The van der Waals surface area contributed by atoms with Crippen LogP contribution in [0, 0.1) is 0 Å². The molecule has 0 saturated carbocycles. The van der Waals surface area contributed by atoms with Gasteiger partial charge in [0.15, 0.2) is 3.74 Å². The molecule has 64 valence electrons. The van der Waals surface area contributed by atoms with Gasteiger partial charge in [0, 0.05) is 0 Å². The number of fused-ring (bicyclic) bond motifs is 1. The standard InChI is InChI=1S/C6H4.C2H2Br2O2/c1-2-5-4-6(5)3-1;3-1(4)2(5)6/h1-4H;1H,(H,5,6). The minimum atomic E-state index is -0.907. The molecule has 2 nitrogen and oxygen atoms in total. The minimum Gasteiger partial charge on any atom is -0.480 e. The topological polar surface area (TPSA) is 37.3 Å². The van der Waals surface area contributed by atoms with Gasteiger partial charge in [-0.2, -0.15) is 0 Å². The van der Waals surface area contributed by atoms with E-state index in [0.717, 1.165) is 0 Å². The van der Waals surface area contributed by atoms with Crippen molar-refractivity contribution in [3.63, 3.8) is 0 Å². The highest BCUT2D eigenvalue weighted by molar-refractivity contribution is 9.25. The number of hydrogen-bond acceptors (Lipinski definition) is 1. The van der Waals surface area contributed by atoms with Crippen LogP contribution in [-0.4, -0.2) is 14.8 Å². The molecule has 0 aliphatic heterocycles. The Morgan fingerprint density at radius 3 is 1.83 bits per heavy atom. The third-order valence-electron chi connectivity index (χ3n) is 1.30. The van der Waals surface area contributed by atoms with Crippen molar-refractivity contribution >= 4 is 37.8 Å². The van der Waals surface area contributed by atoms with E-state index in [0.29, 0.717) is 0 Å². The fourth-order valence-electron chi connectivity index (χ4n) is 0.676. The van der Waals surface area contributed by atoms with E-state index < -0.39 is 9.71 Å². The second kappa shape index (κ2) is 4.05. The van der Waals surface area contributed by atoms with Gasteiger partial charge in [0.2, 0.25) is 0 Å². The highest BCUT2D eigenvalue weighted by atomic mass is 79.9. The molecule has 4 heteroatoms. The Balaban J connectivity index is 0.000000120. The van der Waals surface area contributed by atoms with Crippen molar-refractivity contribution in [2.75, 3.05) is 0 Å². The van der Waals surface area contributed by atoms with Crippen molar-refractivity contribution in [3.05, 3.63) is 24.3 Å². The fraction of sp³-hybridized carbons (Fsp3) is 0.125. The lowest BCUT2D eigenvalue weighted by Gasteiger charge is -1.84. The molecule has 2 rings (SSSR count). The van der Waals surface area contributed by atoms with Crippen LogP contribution in [0.2, 0.25) is 0 Å². The van der Waals surface area contributed by atoms with Gasteiger partial charge >= 0.3 is 5.97 Å². The number of hydrogen-bond donors (Lipinski definition) is 1. The molecule has 0 fully saturated rings. The Bertz CT molecular complexity index is 280. The lowest BCUT2D eigenvalue weighted by molar-refractivity contribution is -0.134. The van der Waals surface area contributed by atoms with E-state index in [4.69, 9.17) is 5.11 Å². The van der Waals surface area contributed by atoms with Gasteiger partial charge in [-0.15, -0.1) is 0 Å². The molecule has 2 aliphatic carbocycles. The summed E-state index contributed by atoms with van der Waals surface area (Å²) in [7, 11) is 0. The smallest absolute Gasteiger partial charge is 0.328 e. The molecule has 1 N–H and O–H groups in total. The number of carboxylic acid groups (broad SMARTS) is 1. The number of carbonyl (C=O) groups is 1. The van der Waals surface area contributed by atoms with Crippen LogP contribution in [0.25, 0.3) is 11.1 Å². The van der Waals surface area contributed by atoms with Gasteiger partial charge in [-0.3, -0.25) is 4.79 Å². The normalized spacial score (nSPS) is 10.2. The average molecular weight is 294 g/mol. The quantitative estimate of drug-likeness (QED) is 0.821. The highest BCUT2D eigenvalue weighted by Crippen LogP contribution is 2.32. The second-order valence-electron chi connectivity index (χ2n) is 2.22. The zero-order chi connectivity index (χ0) is 9.14. The third kappa shape index (κ3) is 2.95. The molecule has 0 atom stereocenters. The van der Waals surface area contributed by atoms with Gasteiger partial charge in [0.1, 0.15) is 0 Å². The largest absolute Gasteiger partial charge is 0.480 e. The van der Waals surface area contributed by atoms with Crippen molar-refractivity contribution < 1.29 is 9.90 Å². The summed E-state index contributed by atoms with van der Waals surface area (Å²) in [5.41, 5.74) is 2.85. The molecule has 0 radical (unpaired) electrons. The summed E-state index contributed by atoms with van der Waals surface area (Å²) < 4.78 is -0.606. The maximum atomic E-state index is 9.61. The summed E-state index contributed by atoms with van der Waals surface area (Å²) in [5, 5.41) is 7.90. The molecule has 0 bridgehead atoms. The Labute approximate surface area is 86.9 Å². The molecule has 12 heavy (non-hydrogen) atoms. The molecule has 0 unspecified atom stereocenters. The van der Waals surface area contributed by atoms with E-state index in [9.17, 15) is 4.79 Å². The van der Waals surface area contributed by atoms with E-state index in [1.807, 2.05) is 0 Å². The monoisotopic (exact) mass is 292 g/mol. The Hall–Kier alpha value is -0.350. The molecular weight excluding hydrogens is 288 g/mol. The maximum absolute atomic E-state index is 9.61. The predicted molar refractivity (Wildman–Crippen MR) is 54.7 cm³/mol. The summed E-state index contributed by atoms with van der Waals surface area (Å²) in [6.45, 7) is 0. The van der Waals surface area contributed by atoms with Crippen LogP contribution in [0.4, 0.5) is 0 Å². The number of benzene rings is 1. The maximum Gasteiger partial charge on any atom is 0.328 e. The van der Waals surface area contributed by atoms with Crippen LogP contribution in [0.1, 0.15) is 0 Å². The van der Waals surface area contributed by atoms with Crippen molar-refractivity contribution in [1.29, 1.82) is 0 Å². The Morgan fingerprint density at radius 1 is 1.33 bits per heavy atom. The van der Waals surface area contributed by atoms with Crippen LogP contribution in [0.15, 0.2) is 24.3 Å². The van der Waals surface area contributed by atoms with Gasteiger partial charge in [-0.05, 0) is 17.2 Å². The number of alkyl halides is 2. The Morgan fingerprint density at radius 2 is 1.75 bits per heavy atom. The van der Waals surface area contributed by atoms with E-state index in [-0.39, 0.29) is 0 Å². The first kappa shape index (κ1) is 9.74. The van der Waals surface area contributed by atoms with Crippen molar-refractivity contribution in [2.24, 2.45) is 0 Å². The van der Waals surface area contributed by atoms with Gasteiger partial charge < -0.3 is 5.11 Å². The summed E-state index contributed by atoms with van der Waals surface area (Å²) in [4.78, 5) is 9.61. The number of rotatable bonds is 1. The summed E-state index contributed by atoms with van der Waals surface area (Å²) >= 11 is 5.51. The molecule has 2 aliphatic rings. The zero-order valence-corrected chi connectivity index (χ0v) is 9.17. The van der Waals surface area contributed by atoms with Crippen LogP contribution in [-0.2, 0) is 4.79 Å². The highest BCUT2D eigenvalue weighted by Gasteiger charge is 2.07. The second-order valence-corrected chi connectivity index (χ2v) is 5.28. The molecule has 0 aromatic carbocycles. The van der Waals surface area contributed by atoms with Crippen LogP contribution in [0.3, 0.4) is 0 Å². The summed E-state index contributed by atoms with van der Waals surface area (Å²) in [6, 6.07) is 8.48. The van der Waals surface area contributed by atoms with Gasteiger partial charge in [-0.25, -0.2) is 0 Å². The van der Waals surface area contributed by atoms with Crippen LogP contribution >= 0.6 is 31.9 Å². The first-order valence-corrected chi connectivity index (χ1v) is 5.06. The molecule has 0 aromatic rings. The molecule has 0 saturated heterocycles. The zero-order valence-electron chi connectivity index (χ0n) is 6.00. The average Bonchev–Trinajstić information content (AvgIpc) is 2.60. The Kier molecular flexibility index (Phi) is 3.29. The van der Waals surface area contributed by atoms with E-state index >= 15 is 0 Å². The minimum absolute atomic E-state index is 0.606. The molecule has 0 heterocycles. The van der Waals surface area contributed by atoms with E-state index in [2.05, 4.69) is 56.1 Å². The molecule has 0 aromatic heterocycles. The SMILES string of the molecule is O=C(O)C(Br)Br.c1cc2cc-2c1. The molecular formula is C8H6Br2O2. The van der Waals surface area contributed by atoms with Crippen LogP contribution in [0.5, 0.6) is 0 Å². The lowest BCUT2D eigenvalue weighted by Crippen LogP contribution is -2.02. The summed E-state index contributed by atoms with van der Waals surface area (Å²) in [5.74, 6) is -0.907. The van der Waals surface area contributed by atoms with Gasteiger partial charge in [-0.1, -0.05) is 50.1 Å². The van der Waals surface area contributed by atoms with Crippen molar-refractivity contribution in [1.82, 2.24) is 0 Å². The van der Waals surface area contributed by atoms with Gasteiger partial charge in [0.25, 0.3) is 0 Å². The predicted octanol–water partition coefficient (Wildman–Crippen LogP) is 2.85. The number of halogens is 2. The van der Waals surface area contributed by atoms with Crippen molar-refractivity contribution in [2.45, 2.75) is 3.74 Å². The third-order valence-corrected chi connectivity index (χ3v) is 2.08. The van der Waals surface area contributed by atoms with Crippen molar-refractivity contribution in [3.8, 4) is 11.1 Å².